The van der Waals surface area contributed by atoms with Gasteiger partial charge < -0.3 is 29.1 Å². The molecule has 2 aliphatic heterocycles. The molecule has 11 nitrogen and oxygen atoms in total. The number of imidazole rings is 1. The SMILES string of the molecule is [C-]#[N+]c1cc(C)c(Oc2cc(Nc3ccc(N4CC5CCC(C4)O5)nn3)c3ncn(C)c3n2)cn1. The van der Waals surface area contributed by atoms with Crippen LogP contribution >= 0.6 is 0 Å². The van der Waals surface area contributed by atoms with Crippen LogP contribution in [0.2, 0.25) is 0 Å². The average molecular weight is 470 g/mol. The Morgan fingerprint density at radius 2 is 1.97 bits per heavy atom. The highest BCUT2D eigenvalue weighted by Gasteiger charge is 2.34. The fourth-order valence-electron chi connectivity index (χ4n) is 4.53. The maximum absolute atomic E-state index is 7.13. The molecule has 11 heteroatoms. The van der Waals surface area contributed by atoms with Crippen LogP contribution in [0.3, 0.4) is 0 Å². The van der Waals surface area contributed by atoms with E-state index in [0.717, 1.165) is 37.3 Å². The Bertz CT molecular complexity index is 1430. The molecule has 2 unspecified atom stereocenters. The summed E-state index contributed by atoms with van der Waals surface area (Å²) >= 11 is 0. The van der Waals surface area contributed by atoms with Crippen molar-refractivity contribution in [2.75, 3.05) is 23.3 Å². The Labute approximate surface area is 201 Å². The van der Waals surface area contributed by atoms with Crippen LogP contribution in [-0.2, 0) is 11.8 Å². The molecule has 0 spiro atoms. The molecular formula is C24H23N9O2. The molecule has 6 heterocycles. The van der Waals surface area contributed by atoms with Gasteiger partial charge in [-0.3, -0.25) is 0 Å². The maximum atomic E-state index is 7.13. The van der Waals surface area contributed by atoms with Gasteiger partial charge in [-0.25, -0.2) is 4.98 Å². The molecule has 2 fully saturated rings. The second-order valence-corrected chi connectivity index (χ2v) is 8.82. The number of nitrogens with zero attached hydrogens (tertiary/aromatic N) is 8. The number of nitrogens with one attached hydrogen (secondary N) is 1. The van der Waals surface area contributed by atoms with Crippen LogP contribution < -0.4 is 15.0 Å². The van der Waals surface area contributed by atoms with Gasteiger partial charge in [-0.15, -0.1) is 15.2 Å². The van der Waals surface area contributed by atoms with Crippen LogP contribution in [0, 0.1) is 13.5 Å². The van der Waals surface area contributed by atoms with E-state index in [1.54, 1.807) is 18.5 Å². The normalized spacial score (nSPS) is 19.1. The van der Waals surface area contributed by atoms with Gasteiger partial charge in [0.05, 0.1) is 24.2 Å². The summed E-state index contributed by atoms with van der Waals surface area (Å²) in [7, 11) is 1.87. The van der Waals surface area contributed by atoms with E-state index in [1.807, 2.05) is 30.7 Å². The molecule has 4 aromatic rings. The van der Waals surface area contributed by atoms with Gasteiger partial charge in [-0.2, -0.15) is 4.98 Å². The molecule has 4 aromatic heterocycles. The van der Waals surface area contributed by atoms with Gasteiger partial charge in [-0.1, -0.05) is 6.57 Å². The third-order valence-corrected chi connectivity index (χ3v) is 6.30. The van der Waals surface area contributed by atoms with E-state index < -0.39 is 0 Å². The summed E-state index contributed by atoms with van der Waals surface area (Å²) in [5.74, 6) is 2.66. The molecule has 35 heavy (non-hydrogen) atoms. The lowest BCUT2D eigenvalue weighted by atomic mass is 10.2. The van der Waals surface area contributed by atoms with E-state index in [1.165, 1.54) is 6.20 Å². The fourth-order valence-corrected chi connectivity index (χ4v) is 4.53. The molecule has 2 aliphatic rings. The predicted molar refractivity (Wildman–Crippen MR) is 129 cm³/mol. The third-order valence-electron chi connectivity index (χ3n) is 6.30. The van der Waals surface area contributed by atoms with Crippen LogP contribution in [0.5, 0.6) is 11.6 Å². The van der Waals surface area contributed by atoms with E-state index in [4.69, 9.17) is 16.0 Å². The number of pyridine rings is 2. The van der Waals surface area contributed by atoms with E-state index in [0.29, 0.717) is 40.1 Å². The Morgan fingerprint density at radius 3 is 2.69 bits per heavy atom. The molecule has 2 saturated heterocycles. The van der Waals surface area contributed by atoms with Crippen molar-refractivity contribution in [2.24, 2.45) is 7.05 Å². The summed E-state index contributed by atoms with van der Waals surface area (Å²) in [6.07, 6.45) is 6.04. The van der Waals surface area contributed by atoms with Crippen molar-refractivity contribution in [2.45, 2.75) is 32.0 Å². The lowest BCUT2D eigenvalue weighted by molar-refractivity contribution is 0.0302. The molecule has 176 valence electrons. The van der Waals surface area contributed by atoms with Gasteiger partial charge in [0.15, 0.2) is 29.2 Å². The van der Waals surface area contributed by atoms with E-state index in [2.05, 4.69) is 40.2 Å². The average Bonchev–Trinajstić information content (AvgIpc) is 3.41. The number of anilines is 3. The highest BCUT2D eigenvalue weighted by Crippen LogP contribution is 2.32. The first-order valence-electron chi connectivity index (χ1n) is 11.4. The quantitative estimate of drug-likeness (QED) is 0.435. The number of hydrogen-bond acceptors (Lipinski definition) is 9. The zero-order valence-electron chi connectivity index (χ0n) is 19.3. The molecule has 0 aliphatic carbocycles. The van der Waals surface area contributed by atoms with Crippen LogP contribution in [-0.4, -0.2) is 55.0 Å². The minimum absolute atomic E-state index is 0.289. The highest BCUT2D eigenvalue weighted by molar-refractivity contribution is 5.88. The van der Waals surface area contributed by atoms with Gasteiger partial charge in [0.2, 0.25) is 5.88 Å². The highest BCUT2D eigenvalue weighted by atomic mass is 16.5. The van der Waals surface area contributed by atoms with E-state index in [9.17, 15) is 0 Å². The monoisotopic (exact) mass is 469 g/mol. The number of aromatic nitrogens is 6. The first-order chi connectivity index (χ1) is 17.1. The van der Waals surface area contributed by atoms with Crippen molar-refractivity contribution in [3.8, 4) is 11.6 Å². The third kappa shape index (κ3) is 4.08. The number of ether oxygens (including phenoxy) is 2. The lowest BCUT2D eigenvalue weighted by Crippen LogP contribution is -2.43. The predicted octanol–water partition coefficient (Wildman–Crippen LogP) is 3.92. The van der Waals surface area contributed by atoms with Gasteiger partial charge >= 0.3 is 0 Å². The summed E-state index contributed by atoms with van der Waals surface area (Å²) in [4.78, 5) is 18.8. The van der Waals surface area contributed by atoms with E-state index in [-0.39, 0.29) is 12.2 Å². The number of hydrogen-bond donors (Lipinski definition) is 1. The molecule has 0 aromatic carbocycles. The van der Waals surface area contributed by atoms with Crippen LogP contribution in [0.15, 0.2) is 36.8 Å². The Kier molecular flexibility index (Phi) is 5.15. The molecule has 1 N–H and O–H groups in total. The fraction of sp³-hybridized carbons (Fsp3) is 0.333. The summed E-state index contributed by atoms with van der Waals surface area (Å²) in [5, 5.41) is 12.2. The number of fused-ring (bicyclic) bond motifs is 3. The van der Waals surface area contributed by atoms with Crippen molar-refractivity contribution in [1.29, 1.82) is 0 Å². The standard InChI is InChI=1S/C24H23N9O2/c1-14-8-20(25-2)26-10-18(14)35-22-9-17(23-24(29-22)32(3)13-27-23)28-19-6-7-21(31-30-19)33-11-15-4-5-16(12-33)34-15/h6-10,13,15-16H,4-5,11-12H2,1,3H3,(H,28,29,30). The summed E-state index contributed by atoms with van der Waals surface area (Å²) < 4.78 is 13.8. The topological polar surface area (TPSA) is 107 Å². The molecular weight excluding hydrogens is 446 g/mol. The smallest absolute Gasteiger partial charge is 0.269 e. The second-order valence-electron chi connectivity index (χ2n) is 8.82. The van der Waals surface area contributed by atoms with Crippen LogP contribution in [0.4, 0.5) is 23.1 Å². The van der Waals surface area contributed by atoms with Crippen molar-refractivity contribution >= 4 is 34.3 Å². The summed E-state index contributed by atoms with van der Waals surface area (Å²) in [6, 6.07) is 7.34. The summed E-state index contributed by atoms with van der Waals surface area (Å²) in [5.41, 5.74) is 2.83. The van der Waals surface area contributed by atoms with Gasteiger partial charge in [0.1, 0.15) is 5.52 Å². The maximum Gasteiger partial charge on any atom is 0.269 e. The van der Waals surface area contributed by atoms with Crippen molar-refractivity contribution < 1.29 is 9.47 Å². The number of morpholine rings is 1. The minimum atomic E-state index is 0.289. The van der Waals surface area contributed by atoms with Gasteiger partial charge in [0.25, 0.3) is 5.82 Å². The second kappa shape index (κ2) is 8.48. The van der Waals surface area contributed by atoms with Crippen molar-refractivity contribution in [1.82, 2.24) is 29.7 Å². The molecule has 0 amide bonds. The molecule has 2 bridgehead atoms. The van der Waals surface area contributed by atoms with E-state index >= 15 is 0 Å². The number of rotatable bonds is 5. The zero-order chi connectivity index (χ0) is 23.9. The zero-order valence-corrected chi connectivity index (χ0v) is 19.3. The first-order valence-corrected chi connectivity index (χ1v) is 11.4. The minimum Gasteiger partial charge on any atom is -0.435 e. The van der Waals surface area contributed by atoms with Crippen molar-refractivity contribution in [3.05, 3.63) is 53.8 Å². The molecule has 2 atom stereocenters. The van der Waals surface area contributed by atoms with Gasteiger partial charge in [0, 0.05) is 26.2 Å². The van der Waals surface area contributed by atoms with Crippen molar-refractivity contribution in [3.63, 3.8) is 0 Å². The van der Waals surface area contributed by atoms with Crippen LogP contribution in [0.25, 0.3) is 16.0 Å². The Balaban J connectivity index is 1.27. The molecule has 0 radical (unpaired) electrons. The molecule has 6 rings (SSSR count). The molecule has 0 saturated carbocycles. The Hall–Kier alpha value is -4.30. The lowest BCUT2D eigenvalue weighted by Gasteiger charge is -2.32. The Morgan fingerprint density at radius 1 is 1.14 bits per heavy atom. The largest absolute Gasteiger partial charge is 0.435 e. The van der Waals surface area contributed by atoms with Gasteiger partial charge in [-0.05, 0) is 43.5 Å². The number of aryl methyl sites for hydroxylation is 2. The van der Waals surface area contributed by atoms with Crippen LogP contribution in [0.1, 0.15) is 18.4 Å². The first kappa shape index (κ1) is 21.2. The summed E-state index contributed by atoms with van der Waals surface area (Å²) in [6.45, 7) is 10.7.